The summed E-state index contributed by atoms with van der Waals surface area (Å²) >= 11 is 0.755. The van der Waals surface area contributed by atoms with E-state index in [0.717, 1.165) is 31.2 Å². The topological polar surface area (TPSA) is 41.1 Å². The zero-order chi connectivity index (χ0) is 13.9. The Labute approximate surface area is 114 Å². The van der Waals surface area contributed by atoms with E-state index in [1.54, 1.807) is 0 Å². The zero-order valence-electron chi connectivity index (χ0n) is 10.7. The van der Waals surface area contributed by atoms with E-state index in [1.165, 1.54) is 12.8 Å². The van der Waals surface area contributed by atoms with Gasteiger partial charge >= 0.3 is 6.18 Å². The number of halogens is 3. The highest BCUT2D eigenvalue weighted by atomic mass is 32.1. The molecule has 0 bridgehead atoms. The third kappa shape index (κ3) is 4.31. The predicted octanol–water partition coefficient (Wildman–Crippen LogP) is 2.70. The summed E-state index contributed by atoms with van der Waals surface area (Å²) in [6, 6.07) is 0. The maximum absolute atomic E-state index is 12.3. The molecule has 1 fully saturated rings. The molecule has 1 aromatic rings. The van der Waals surface area contributed by atoms with Crippen molar-refractivity contribution >= 4 is 16.7 Å². The fourth-order valence-electron chi connectivity index (χ4n) is 2.14. The van der Waals surface area contributed by atoms with E-state index in [2.05, 4.69) is 26.5 Å². The van der Waals surface area contributed by atoms with Gasteiger partial charge in [-0.15, -0.1) is 0 Å². The van der Waals surface area contributed by atoms with Gasteiger partial charge in [-0.25, -0.2) is 0 Å². The van der Waals surface area contributed by atoms with Gasteiger partial charge in [0.1, 0.15) is 0 Å². The van der Waals surface area contributed by atoms with Crippen molar-refractivity contribution in [3.05, 3.63) is 5.82 Å². The van der Waals surface area contributed by atoms with Crippen LogP contribution in [-0.4, -0.2) is 40.4 Å². The van der Waals surface area contributed by atoms with Gasteiger partial charge in [-0.3, -0.25) is 0 Å². The van der Waals surface area contributed by atoms with Gasteiger partial charge in [-0.1, -0.05) is 6.92 Å². The summed E-state index contributed by atoms with van der Waals surface area (Å²) in [5, 5.41) is 3.17. The standard InChI is InChI=1S/C11H17F3N4S/c1-8(7-18-4-2-3-5-18)6-15-10-16-9(17-19-10)11(12,13)14/h8H,2-7H2,1H3,(H,15,16,17). The largest absolute Gasteiger partial charge is 0.452 e. The first-order valence-electron chi connectivity index (χ1n) is 6.32. The molecule has 1 unspecified atom stereocenters. The normalized spacial score (nSPS) is 18.7. The number of hydrogen-bond acceptors (Lipinski definition) is 5. The maximum atomic E-state index is 12.3. The minimum absolute atomic E-state index is 0.237. The summed E-state index contributed by atoms with van der Waals surface area (Å²) in [6.07, 6.45) is -1.98. The number of likely N-dealkylation sites (tertiary alicyclic amines) is 1. The van der Waals surface area contributed by atoms with Crippen molar-refractivity contribution in [1.29, 1.82) is 0 Å². The van der Waals surface area contributed by atoms with Crippen LogP contribution in [0.25, 0.3) is 0 Å². The lowest BCUT2D eigenvalue weighted by Crippen LogP contribution is -2.28. The molecule has 0 aliphatic carbocycles. The van der Waals surface area contributed by atoms with Crippen LogP contribution in [0.15, 0.2) is 0 Å². The number of alkyl halides is 3. The van der Waals surface area contributed by atoms with Crippen LogP contribution in [0.2, 0.25) is 0 Å². The summed E-state index contributed by atoms with van der Waals surface area (Å²) in [7, 11) is 0. The van der Waals surface area contributed by atoms with Crippen LogP contribution < -0.4 is 5.32 Å². The van der Waals surface area contributed by atoms with Crippen molar-refractivity contribution in [2.75, 3.05) is 31.5 Å². The molecular weight excluding hydrogens is 277 g/mol. The Hall–Kier alpha value is -0.890. The quantitative estimate of drug-likeness (QED) is 0.906. The number of rotatable bonds is 5. The molecule has 108 valence electrons. The summed E-state index contributed by atoms with van der Waals surface area (Å²) in [5.74, 6) is -0.691. The number of nitrogens with one attached hydrogen (secondary N) is 1. The van der Waals surface area contributed by atoms with E-state index >= 15 is 0 Å². The second-order valence-corrected chi connectivity index (χ2v) is 5.67. The minimum atomic E-state index is -4.46. The SMILES string of the molecule is CC(CNc1nc(C(F)(F)F)ns1)CN1CCCC1. The Bertz CT molecular complexity index is 401. The smallest absolute Gasteiger partial charge is 0.360 e. The highest BCUT2D eigenvalue weighted by Gasteiger charge is 2.36. The van der Waals surface area contributed by atoms with E-state index in [1.807, 2.05) is 0 Å². The number of nitrogens with zero attached hydrogens (tertiary/aromatic N) is 3. The number of aromatic nitrogens is 2. The second kappa shape index (κ2) is 6.04. The molecule has 1 aliphatic rings. The first kappa shape index (κ1) is 14.5. The summed E-state index contributed by atoms with van der Waals surface area (Å²) < 4.78 is 40.3. The van der Waals surface area contributed by atoms with Crippen LogP contribution in [0.4, 0.5) is 18.3 Å². The average molecular weight is 294 g/mol. The third-order valence-corrected chi connectivity index (χ3v) is 3.72. The van der Waals surface area contributed by atoms with Crippen LogP contribution in [0, 0.1) is 5.92 Å². The van der Waals surface area contributed by atoms with Crippen molar-refractivity contribution in [1.82, 2.24) is 14.3 Å². The molecule has 0 saturated carbocycles. The van der Waals surface area contributed by atoms with Crippen LogP contribution in [-0.2, 0) is 6.18 Å². The van der Waals surface area contributed by atoms with Crippen molar-refractivity contribution in [3.63, 3.8) is 0 Å². The Balaban J connectivity index is 1.76. The van der Waals surface area contributed by atoms with Crippen LogP contribution in [0.3, 0.4) is 0 Å². The number of anilines is 1. The van der Waals surface area contributed by atoms with E-state index in [9.17, 15) is 13.2 Å². The van der Waals surface area contributed by atoms with E-state index in [0.29, 0.717) is 12.5 Å². The molecule has 1 aromatic heterocycles. The van der Waals surface area contributed by atoms with Crippen molar-refractivity contribution < 1.29 is 13.2 Å². The lowest BCUT2D eigenvalue weighted by Gasteiger charge is -2.20. The molecule has 0 amide bonds. The molecule has 2 rings (SSSR count). The Morgan fingerprint density at radius 1 is 1.37 bits per heavy atom. The summed E-state index contributed by atoms with van der Waals surface area (Å²) in [4.78, 5) is 5.83. The Kier molecular flexibility index (Phi) is 4.62. The van der Waals surface area contributed by atoms with Gasteiger partial charge in [0.25, 0.3) is 0 Å². The number of hydrogen-bond donors (Lipinski definition) is 1. The van der Waals surface area contributed by atoms with Crippen LogP contribution >= 0.6 is 11.5 Å². The maximum Gasteiger partial charge on any atom is 0.452 e. The van der Waals surface area contributed by atoms with E-state index < -0.39 is 12.0 Å². The van der Waals surface area contributed by atoms with Crippen LogP contribution in [0.1, 0.15) is 25.6 Å². The Morgan fingerprint density at radius 2 is 2.05 bits per heavy atom. The molecule has 0 aromatic carbocycles. The molecule has 1 atom stereocenters. The fourth-order valence-corrected chi connectivity index (χ4v) is 2.73. The molecule has 1 saturated heterocycles. The lowest BCUT2D eigenvalue weighted by atomic mass is 10.2. The summed E-state index contributed by atoms with van der Waals surface area (Å²) in [6.45, 7) is 5.92. The molecule has 19 heavy (non-hydrogen) atoms. The third-order valence-electron chi connectivity index (χ3n) is 3.05. The molecule has 2 heterocycles. The van der Waals surface area contributed by atoms with Gasteiger partial charge in [0.2, 0.25) is 11.0 Å². The van der Waals surface area contributed by atoms with Crippen molar-refractivity contribution in [3.8, 4) is 0 Å². The van der Waals surface area contributed by atoms with Gasteiger partial charge in [-0.05, 0) is 31.8 Å². The fraction of sp³-hybridized carbons (Fsp3) is 0.818. The van der Waals surface area contributed by atoms with Gasteiger partial charge in [0.15, 0.2) is 0 Å². The first-order chi connectivity index (χ1) is 8.95. The molecule has 0 spiro atoms. The van der Waals surface area contributed by atoms with E-state index in [-0.39, 0.29) is 5.13 Å². The van der Waals surface area contributed by atoms with Gasteiger partial charge in [0, 0.05) is 24.6 Å². The van der Waals surface area contributed by atoms with Crippen molar-refractivity contribution in [2.24, 2.45) is 5.92 Å². The average Bonchev–Trinajstić information content (AvgIpc) is 2.95. The van der Waals surface area contributed by atoms with Crippen molar-refractivity contribution in [2.45, 2.75) is 25.9 Å². The predicted molar refractivity (Wildman–Crippen MR) is 68.2 cm³/mol. The Morgan fingerprint density at radius 3 is 2.63 bits per heavy atom. The molecule has 1 aliphatic heterocycles. The molecule has 4 nitrogen and oxygen atoms in total. The second-order valence-electron chi connectivity index (χ2n) is 4.91. The van der Waals surface area contributed by atoms with Gasteiger partial charge < -0.3 is 10.2 Å². The molecular formula is C11H17F3N4S. The highest BCUT2D eigenvalue weighted by molar-refractivity contribution is 7.09. The minimum Gasteiger partial charge on any atom is -0.360 e. The van der Waals surface area contributed by atoms with Crippen LogP contribution in [0.5, 0.6) is 0 Å². The highest BCUT2D eigenvalue weighted by Crippen LogP contribution is 2.28. The monoisotopic (exact) mass is 294 g/mol. The zero-order valence-corrected chi connectivity index (χ0v) is 11.5. The molecule has 0 radical (unpaired) electrons. The van der Waals surface area contributed by atoms with Gasteiger partial charge in [-0.2, -0.15) is 22.5 Å². The lowest BCUT2D eigenvalue weighted by molar-refractivity contribution is -0.144. The molecule has 1 N–H and O–H groups in total. The van der Waals surface area contributed by atoms with E-state index in [4.69, 9.17) is 0 Å². The molecule has 8 heteroatoms. The first-order valence-corrected chi connectivity index (χ1v) is 7.09. The van der Waals surface area contributed by atoms with Gasteiger partial charge in [0.05, 0.1) is 0 Å². The summed E-state index contributed by atoms with van der Waals surface area (Å²) in [5.41, 5.74) is 0.